The first-order valence-corrected chi connectivity index (χ1v) is 9.21. The normalized spacial score (nSPS) is 18.1. The van der Waals surface area contributed by atoms with Crippen LogP contribution in [0.1, 0.15) is 23.9 Å². The Kier molecular flexibility index (Phi) is 4.11. The molecule has 27 heavy (non-hydrogen) atoms. The summed E-state index contributed by atoms with van der Waals surface area (Å²) in [5.74, 6) is -0.570. The Morgan fingerprint density at radius 2 is 1.89 bits per heavy atom. The van der Waals surface area contributed by atoms with Gasteiger partial charge in [-0.3, -0.25) is 15.1 Å². The largest absolute Gasteiger partial charge is 0.318 e. The molecule has 3 heterocycles. The highest BCUT2D eigenvalue weighted by atomic mass is 32.2. The molecule has 0 fully saturated rings. The van der Waals surface area contributed by atoms with E-state index >= 15 is 0 Å². The van der Waals surface area contributed by atoms with Gasteiger partial charge in [-0.15, -0.1) is 0 Å². The maximum Gasteiger partial charge on any atom is 0.283 e. The number of aliphatic imine (C=N–C) groups is 1. The number of rotatable bonds is 2. The van der Waals surface area contributed by atoms with E-state index in [0.29, 0.717) is 5.17 Å². The molecule has 1 N–H and O–H groups in total. The second-order valence-corrected chi connectivity index (χ2v) is 7.67. The number of carbonyl (C=O) groups excluding carboxylic acids is 1. The van der Waals surface area contributed by atoms with Gasteiger partial charge >= 0.3 is 0 Å². The van der Waals surface area contributed by atoms with E-state index < -0.39 is 5.91 Å². The number of carbonyl (C=O) groups is 1. The molecule has 0 saturated heterocycles. The average Bonchev–Trinajstić information content (AvgIpc) is 3.12. The molecule has 2 aliphatic rings. The maximum absolute atomic E-state index is 13.2. The van der Waals surface area contributed by atoms with Crippen molar-refractivity contribution in [3.05, 3.63) is 69.8 Å². The summed E-state index contributed by atoms with van der Waals surface area (Å²) in [6, 6.07) is 8.22. The highest BCUT2D eigenvalue weighted by molar-refractivity contribution is 8.17. The van der Waals surface area contributed by atoms with Gasteiger partial charge in [-0.1, -0.05) is 11.8 Å². The molecule has 0 atom stereocenters. The van der Waals surface area contributed by atoms with Crippen LogP contribution < -0.4 is 0 Å². The Hall–Kier alpha value is -2.93. The van der Waals surface area contributed by atoms with E-state index in [4.69, 9.17) is 5.41 Å². The molecule has 0 unspecified atom stereocenters. The summed E-state index contributed by atoms with van der Waals surface area (Å²) in [5.41, 5.74) is 3.79. The third-order valence-corrected chi connectivity index (χ3v) is 5.45. The first kappa shape index (κ1) is 17.5. The van der Waals surface area contributed by atoms with E-state index in [1.54, 1.807) is 23.1 Å². The van der Waals surface area contributed by atoms with Gasteiger partial charge < -0.3 is 4.57 Å². The monoisotopic (exact) mass is 380 g/mol. The zero-order valence-electron chi connectivity index (χ0n) is 15.1. The number of aryl methyl sites for hydroxylation is 1. The van der Waals surface area contributed by atoms with Crippen molar-refractivity contribution in [3.63, 3.8) is 0 Å². The molecule has 2 aromatic rings. The van der Waals surface area contributed by atoms with Crippen LogP contribution in [0.3, 0.4) is 0 Å². The van der Waals surface area contributed by atoms with E-state index in [9.17, 15) is 9.18 Å². The van der Waals surface area contributed by atoms with Gasteiger partial charge in [0, 0.05) is 28.2 Å². The Balaban J connectivity index is 1.77. The summed E-state index contributed by atoms with van der Waals surface area (Å²) in [6.45, 7) is 5.80. The molecule has 4 rings (SSSR count). The van der Waals surface area contributed by atoms with Gasteiger partial charge in [0.1, 0.15) is 11.7 Å². The number of amidine groups is 2. The van der Waals surface area contributed by atoms with Crippen molar-refractivity contribution in [1.29, 1.82) is 5.41 Å². The van der Waals surface area contributed by atoms with E-state index in [1.165, 1.54) is 23.9 Å². The van der Waals surface area contributed by atoms with E-state index in [0.717, 1.165) is 27.5 Å². The Bertz CT molecular complexity index is 1080. The van der Waals surface area contributed by atoms with Gasteiger partial charge in [-0.2, -0.15) is 4.99 Å². The minimum Gasteiger partial charge on any atom is -0.318 e. The van der Waals surface area contributed by atoms with Gasteiger partial charge in [0.05, 0.1) is 5.57 Å². The molecule has 0 bridgehead atoms. The number of nitrogens with zero attached hydrogens (tertiary/aromatic N) is 3. The standard InChI is InChI=1S/C20H17FN4OS/c1-11-8-14(13(3)25(11)16-6-4-15(21)5-7-16)9-17-18(22)24-10-12(2)27-20(24)23-19(17)26/h4-10,22H,1-3H3. The average molecular weight is 380 g/mol. The van der Waals surface area contributed by atoms with Gasteiger partial charge in [0.2, 0.25) is 0 Å². The molecule has 136 valence electrons. The van der Waals surface area contributed by atoms with Gasteiger partial charge in [0.25, 0.3) is 5.91 Å². The smallest absolute Gasteiger partial charge is 0.283 e. The number of nitrogens with one attached hydrogen (secondary N) is 1. The van der Waals surface area contributed by atoms with Crippen LogP contribution in [0.4, 0.5) is 4.39 Å². The predicted molar refractivity (Wildman–Crippen MR) is 107 cm³/mol. The third kappa shape index (κ3) is 2.94. The SMILES string of the molecule is CC1=CN2C(=N)C(=Cc3cc(C)n(-c4ccc(F)cc4)c3C)C(=O)N=C2S1. The molecule has 2 aliphatic heterocycles. The molecule has 1 aromatic carbocycles. The van der Waals surface area contributed by atoms with Crippen LogP contribution >= 0.6 is 11.8 Å². The summed E-state index contributed by atoms with van der Waals surface area (Å²) in [6.07, 6.45) is 3.52. The number of amides is 1. The van der Waals surface area contributed by atoms with E-state index in [-0.39, 0.29) is 17.2 Å². The quantitative estimate of drug-likeness (QED) is 0.786. The van der Waals surface area contributed by atoms with Crippen molar-refractivity contribution in [1.82, 2.24) is 9.47 Å². The minimum atomic E-state index is -0.409. The number of hydrogen-bond acceptors (Lipinski definition) is 3. The van der Waals surface area contributed by atoms with Gasteiger partial charge in [-0.25, -0.2) is 4.39 Å². The first-order chi connectivity index (χ1) is 12.8. The number of hydrogen-bond donors (Lipinski definition) is 1. The molecular formula is C20H17FN4OS. The minimum absolute atomic E-state index is 0.126. The van der Waals surface area contributed by atoms with Gasteiger partial charge in [-0.05, 0) is 62.7 Å². The lowest BCUT2D eigenvalue weighted by molar-refractivity contribution is -0.114. The summed E-state index contributed by atoms with van der Waals surface area (Å²) >= 11 is 1.39. The van der Waals surface area contributed by atoms with Crippen molar-refractivity contribution in [3.8, 4) is 5.69 Å². The van der Waals surface area contributed by atoms with Crippen molar-refractivity contribution in [2.24, 2.45) is 4.99 Å². The van der Waals surface area contributed by atoms with E-state index in [2.05, 4.69) is 4.99 Å². The first-order valence-electron chi connectivity index (χ1n) is 8.39. The van der Waals surface area contributed by atoms with Crippen LogP contribution in [-0.2, 0) is 4.79 Å². The number of benzene rings is 1. The number of allylic oxidation sites excluding steroid dienone is 1. The Labute approximate surface area is 160 Å². The third-order valence-electron chi connectivity index (χ3n) is 4.55. The lowest BCUT2D eigenvalue weighted by Crippen LogP contribution is -2.35. The molecule has 7 heteroatoms. The molecule has 0 spiro atoms. The highest BCUT2D eigenvalue weighted by Gasteiger charge is 2.33. The van der Waals surface area contributed by atoms with Crippen LogP contribution in [-0.4, -0.2) is 26.4 Å². The van der Waals surface area contributed by atoms with Crippen molar-refractivity contribution >= 4 is 34.7 Å². The lowest BCUT2D eigenvalue weighted by Gasteiger charge is -2.22. The van der Waals surface area contributed by atoms with Crippen LogP contribution in [0.25, 0.3) is 11.8 Å². The van der Waals surface area contributed by atoms with Crippen LogP contribution in [0.2, 0.25) is 0 Å². The van der Waals surface area contributed by atoms with Crippen molar-refractivity contribution in [2.45, 2.75) is 20.8 Å². The molecule has 0 radical (unpaired) electrons. The molecule has 0 aliphatic carbocycles. The molecule has 1 amide bonds. The fraction of sp³-hybridized carbons (Fsp3) is 0.150. The Morgan fingerprint density at radius 3 is 2.59 bits per heavy atom. The van der Waals surface area contributed by atoms with E-state index in [1.807, 2.05) is 37.6 Å². The van der Waals surface area contributed by atoms with Gasteiger partial charge in [0.15, 0.2) is 5.17 Å². The summed E-state index contributed by atoms with van der Waals surface area (Å²) in [4.78, 5) is 19.2. The highest BCUT2D eigenvalue weighted by Crippen LogP contribution is 2.33. The summed E-state index contributed by atoms with van der Waals surface area (Å²) < 4.78 is 15.2. The molecule has 0 saturated carbocycles. The van der Waals surface area contributed by atoms with Crippen molar-refractivity contribution in [2.75, 3.05) is 0 Å². The zero-order chi connectivity index (χ0) is 19.3. The lowest BCUT2D eigenvalue weighted by atomic mass is 10.1. The maximum atomic E-state index is 13.2. The molecular weight excluding hydrogens is 363 g/mol. The molecule has 5 nitrogen and oxygen atoms in total. The predicted octanol–water partition coefficient (Wildman–Crippen LogP) is 4.40. The van der Waals surface area contributed by atoms with Crippen molar-refractivity contribution < 1.29 is 9.18 Å². The second kappa shape index (κ2) is 6.35. The van der Waals surface area contributed by atoms with Crippen LogP contribution in [0.15, 0.2) is 52.0 Å². The fourth-order valence-electron chi connectivity index (χ4n) is 3.28. The topological polar surface area (TPSA) is 61.5 Å². The number of fused-ring (bicyclic) bond motifs is 1. The zero-order valence-corrected chi connectivity index (χ0v) is 15.9. The Morgan fingerprint density at radius 1 is 1.19 bits per heavy atom. The van der Waals surface area contributed by atoms with Crippen LogP contribution in [0.5, 0.6) is 0 Å². The number of halogens is 1. The number of thioether (sulfide) groups is 1. The fourth-order valence-corrected chi connectivity index (χ4v) is 4.10. The number of aromatic nitrogens is 1. The summed E-state index contributed by atoms with van der Waals surface area (Å²) in [5, 5.41) is 8.94. The molecule has 1 aromatic heterocycles. The van der Waals surface area contributed by atoms with Crippen LogP contribution in [0, 0.1) is 25.1 Å². The summed E-state index contributed by atoms with van der Waals surface area (Å²) in [7, 11) is 0. The second-order valence-electron chi connectivity index (χ2n) is 6.46.